The number of benzene rings is 1. The highest BCUT2D eigenvalue weighted by molar-refractivity contribution is 5.27. The van der Waals surface area contributed by atoms with E-state index in [0.29, 0.717) is 12.1 Å². The third-order valence-corrected chi connectivity index (χ3v) is 2.52. The molecule has 0 aliphatic carbocycles. The average Bonchev–Trinajstić information content (AvgIpc) is 2.18. The van der Waals surface area contributed by atoms with Crippen LogP contribution in [0.1, 0.15) is 17.0 Å². The van der Waals surface area contributed by atoms with Crippen molar-refractivity contribution in [3.05, 3.63) is 35.1 Å². The lowest BCUT2D eigenvalue weighted by Crippen LogP contribution is -2.25. The molecule has 0 aliphatic rings. The van der Waals surface area contributed by atoms with Gasteiger partial charge in [0, 0.05) is 19.0 Å². The van der Waals surface area contributed by atoms with Crippen LogP contribution in [0.25, 0.3) is 0 Å². The van der Waals surface area contributed by atoms with Gasteiger partial charge in [0.1, 0.15) is 5.82 Å². The Morgan fingerprint density at radius 3 is 2.53 bits per heavy atom. The van der Waals surface area contributed by atoms with E-state index in [-0.39, 0.29) is 11.7 Å². The number of hydrogen-bond acceptors (Lipinski definition) is 2. The van der Waals surface area contributed by atoms with Gasteiger partial charge in [-0.2, -0.15) is 0 Å². The van der Waals surface area contributed by atoms with Crippen molar-refractivity contribution in [3.63, 3.8) is 0 Å². The third-order valence-electron chi connectivity index (χ3n) is 2.52. The molecule has 0 bridgehead atoms. The SMILES string of the molecule is Cc1cc(C(CN)CN(C)C)ccc1F. The Labute approximate surface area is 90.9 Å². The van der Waals surface area contributed by atoms with Crippen LogP contribution in [0.5, 0.6) is 0 Å². The molecule has 1 unspecified atom stereocenters. The minimum Gasteiger partial charge on any atom is -0.330 e. The molecule has 0 aliphatic heterocycles. The van der Waals surface area contributed by atoms with Gasteiger partial charge in [-0.1, -0.05) is 12.1 Å². The summed E-state index contributed by atoms with van der Waals surface area (Å²) in [4.78, 5) is 2.09. The average molecular weight is 210 g/mol. The molecule has 3 heteroatoms. The number of hydrogen-bond donors (Lipinski definition) is 1. The van der Waals surface area contributed by atoms with Crippen molar-refractivity contribution >= 4 is 0 Å². The fourth-order valence-corrected chi connectivity index (χ4v) is 1.68. The molecule has 0 heterocycles. The standard InChI is InChI=1S/C12H19FN2/c1-9-6-10(4-5-12(9)13)11(7-14)8-15(2)3/h4-6,11H,7-8,14H2,1-3H3. The Hall–Kier alpha value is -0.930. The molecule has 1 aromatic rings. The first-order valence-corrected chi connectivity index (χ1v) is 5.15. The third kappa shape index (κ3) is 3.29. The zero-order valence-corrected chi connectivity index (χ0v) is 9.63. The number of rotatable bonds is 4. The Bertz CT molecular complexity index is 323. The first kappa shape index (κ1) is 12.1. The topological polar surface area (TPSA) is 29.3 Å². The zero-order chi connectivity index (χ0) is 11.4. The van der Waals surface area contributed by atoms with Gasteiger partial charge in [-0.05, 0) is 38.2 Å². The lowest BCUT2D eigenvalue weighted by atomic mass is 9.97. The summed E-state index contributed by atoms with van der Waals surface area (Å²) in [6.45, 7) is 3.26. The molecular formula is C12H19FN2. The van der Waals surface area contributed by atoms with Gasteiger partial charge >= 0.3 is 0 Å². The van der Waals surface area contributed by atoms with E-state index in [2.05, 4.69) is 4.90 Å². The molecule has 2 N–H and O–H groups in total. The molecule has 2 nitrogen and oxygen atoms in total. The highest BCUT2D eigenvalue weighted by Gasteiger charge is 2.11. The molecule has 0 aromatic heterocycles. The van der Waals surface area contributed by atoms with Crippen LogP contribution < -0.4 is 5.73 Å². The van der Waals surface area contributed by atoms with Crippen LogP contribution >= 0.6 is 0 Å². The molecule has 84 valence electrons. The summed E-state index contributed by atoms with van der Waals surface area (Å²) in [5.41, 5.74) is 7.52. The molecule has 0 saturated heterocycles. The zero-order valence-electron chi connectivity index (χ0n) is 9.63. The molecule has 0 saturated carbocycles. The second-order valence-electron chi connectivity index (χ2n) is 4.20. The maximum atomic E-state index is 13.1. The minimum atomic E-state index is -0.153. The summed E-state index contributed by atoms with van der Waals surface area (Å²) in [5.74, 6) is 0.124. The molecule has 0 radical (unpaired) electrons. The van der Waals surface area contributed by atoms with Crippen molar-refractivity contribution in [3.8, 4) is 0 Å². The van der Waals surface area contributed by atoms with E-state index >= 15 is 0 Å². The predicted molar refractivity (Wildman–Crippen MR) is 61.5 cm³/mol. The molecule has 1 atom stereocenters. The van der Waals surface area contributed by atoms with Gasteiger partial charge in [0.15, 0.2) is 0 Å². The molecule has 0 amide bonds. The van der Waals surface area contributed by atoms with Crippen molar-refractivity contribution in [1.82, 2.24) is 4.90 Å². The Kier molecular flexibility index (Phi) is 4.24. The molecule has 0 spiro atoms. The summed E-state index contributed by atoms with van der Waals surface area (Å²) >= 11 is 0. The second-order valence-corrected chi connectivity index (χ2v) is 4.20. The Balaban J connectivity index is 2.87. The number of aryl methyl sites for hydroxylation is 1. The Morgan fingerprint density at radius 2 is 2.07 bits per heavy atom. The first-order valence-electron chi connectivity index (χ1n) is 5.15. The van der Waals surface area contributed by atoms with E-state index < -0.39 is 0 Å². The molecule has 1 rings (SSSR count). The maximum Gasteiger partial charge on any atom is 0.126 e. The summed E-state index contributed by atoms with van der Waals surface area (Å²) in [5, 5.41) is 0. The van der Waals surface area contributed by atoms with Crippen LogP contribution in [-0.2, 0) is 0 Å². The number of nitrogens with zero attached hydrogens (tertiary/aromatic N) is 1. The summed E-state index contributed by atoms with van der Waals surface area (Å²) < 4.78 is 13.1. The highest BCUT2D eigenvalue weighted by atomic mass is 19.1. The first-order chi connectivity index (χ1) is 7.04. The van der Waals surface area contributed by atoms with Gasteiger partial charge < -0.3 is 10.6 Å². The fourth-order valence-electron chi connectivity index (χ4n) is 1.68. The molecule has 1 aromatic carbocycles. The van der Waals surface area contributed by atoms with E-state index in [9.17, 15) is 4.39 Å². The van der Waals surface area contributed by atoms with Crippen LogP contribution in [0.4, 0.5) is 4.39 Å². The van der Waals surface area contributed by atoms with Crippen LogP contribution in [-0.4, -0.2) is 32.1 Å². The highest BCUT2D eigenvalue weighted by Crippen LogP contribution is 2.18. The van der Waals surface area contributed by atoms with Crippen molar-refractivity contribution in [2.45, 2.75) is 12.8 Å². The maximum absolute atomic E-state index is 13.1. The van der Waals surface area contributed by atoms with Gasteiger partial charge in [-0.25, -0.2) is 4.39 Å². The summed E-state index contributed by atoms with van der Waals surface area (Å²) in [7, 11) is 4.03. The minimum absolute atomic E-state index is 0.153. The Morgan fingerprint density at radius 1 is 1.40 bits per heavy atom. The molecular weight excluding hydrogens is 191 g/mol. The largest absolute Gasteiger partial charge is 0.330 e. The van der Waals surface area contributed by atoms with Gasteiger partial charge in [0.2, 0.25) is 0 Å². The van der Waals surface area contributed by atoms with E-state index in [1.165, 1.54) is 6.07 Å². The molecule has 0 fully saturated rings. The monoisotopic (exact) mass is 210 g/mol. The summed E-state index contributed by atoms with van der Waals surface area (Å²) in [6, 6.07) is 5.22. The number of nitrogens with two attached hydrogens (primary N) is 1. The van der Waals surface area contributed by atoms with Crippen molar-refractivity contribution < 1.29 is 4.39 Å². The van der Waals surface area contributed by atoms with Crippen LogP contribution in [0.2, 0.25) is 0 Å². The lowest BCUT2D eigenvalue weighted by Gasteiger charge is -2.20. The van der Waals surface area contributed by atoms with E-state index in [1.807, 2.05) is 26.2 Å². The van der Waals surface area contributed by atoms with Crippen LogP contribution in [0.3, 0.4) is 0 Å². The van der Waals surface area contributed by atoms with Crippen molar-refractivity contribution in [1.29, 1.82) is 0 Å². The smallest absolute Gasteiger partial charge is 0.126 e. The fraction of sp³-hybridized carbons (Fsp3) is 0.500. The second kappa shape index (κ2) is 5.24. The molecule has 15 heavy (non-hydrogen) atoms. The van der Waals surface area contributed by atoms with Crippen molar-refractivity contribution in [2.24, 2.45) is 5.73 Å². The van der Waals surface area contributed by atoms with Crippen LogP contribution in [0.15, 0.2) is 18.2 Å². The number of likely N-dealkylation sites (N-methyl/N-ethyl adjacent to an activating group) is 1. The number of halogens is 1. The lowest BCUT2D eigenvalue weighted by molar-refractivity contribution is 0.375. The summed E-state index contributed by atoms with van der Waals surface area (Å²) in [6.07, 6.45) is 0. The normalized spacial score (nSPS) is 13.2. The van der Waals surface area contributed by atoms with Crippen LogP contribution in [0, 0.1) is 12.7 Å². The van der Waals surface area contributed by atoms with Crippen molar-refractivity contribution in [2.75, 3.05) is 27.2 Å². The van der Waals surface area contributed by atoms with E-state index in [1.54, 1.807) is 6.92 Å². The van der Waals surface area contributed by atoms with Gasteiger partial charge in [0.25, 0.3) is 0 Å². The van der Waals surface area contributed by atoms with Gasteiger partial charge in [-0.3, -0.25) is 0 Å². The quantitative estimate of drug-likeness (QED) is 0.820. The van der Waals surface area contributed by atoms with Gasteiger partial charge in [-0.15, -0.1) is 0 Å². The van der Waals surface area contributed by atoms with E-state index in [0.717, 1.165) is 12.1 Å². The van der Waals surface area contributed by atoms with E-state index in [4.69, 9.17) is 5.73 Å². The van der Waals surface area contributed by atoms with Gasteiger partial charge in [0.05, 0.1) is 0 Å². The predicted octanol–water partition coefficient (Wildman–Crippen LogP) is 1.74.